The predicted octanol–water partition coefficient (Wildman–Crippen LogP) is 3.13. The second-order valence-corrected chi connectivity index (χ2v) is 5.37. The standard InChI is InChI=1S/C14H20O3/c1-14(2,3)8-9-17-12-6-4-11(5-7-12)10-13(15)16/h4-7H,8-10H2,1-3H3,(H,15,16). The van der Waals surface area contributed by atoms with E-state index in [1.54, 1.807) is 12.1 Å². The van der Waals surface area contributed by atoms with Crippen LogP contribution in [0.4, 0.5) is 0 Å². The van der Waals surface area contributed by atoms with E-state index >= 15 is 0 Å². The van der Waals surface area contributed by atoms with Crippen molar-refractivity contribution in [1.82, 2.24) is 0 Å². The van der Waals surface area contributed by atoms with Gasteiger partial charge in [-0.15, -0.1) is 0 Å². The highest BCUT2D eigenvalue weighted by Gasteiger charge is 2.09. The molecular formula is C14H20O3. The summed E-state index contributed by atoms with van der Waals surface area (Å²) in [6.45, 7) is 7.20. The normalized spacial score (nSPS) is 11.2. The van der Waals surface area contributed by atoms with Crippen molar-refractivity contribution in [2.45, 2.75) is 33.6 Å². The van der Waals surface area contributed by atoms with Gasteiger partial charge < -0.3 is 9.84 Å². The van der Waals surface area contributed by atoms with Crippen LogP contribution in [0.1, 0.15) is 32.8 Å². The van der Waals surface area contributed by atoms with E-state index in [0.717, 1.165) is 17.7 Å². The van der Waals surface area contributed by atoms with E-state index in [1.165, 1.54) is 0 Å². The number of carboxylic acids is 1. The minimum absolute atomic E-state index is 0.0578. The zero-order chi connectivity index (χ0) is 12.9. The van der Waals surface area contributed by atoms with Crippen molar-refractivity contribution in [3.8, 4) is 5.75 Å². The Morgan fingerprint density at radius 2 is 1.82 bits per heavy atom. The Bertz CT molecular complexity index is 360. The fourth-order valence-electron chi connectivity index (χ4n) is 1.35. The topological polar surface area (TPSA) is 46.5 Å². The molecule has 0 saturated carbocycles. The summed E-state index contributed by atoms with van der Waals surface area (Å²) in [4.78, 5) is 10.5. The third-order valence-electron chi connectivity index (χ3n) is 2.40. The average molecular weight is 236 g/mol. The van der Waals surface area contributed by atoms with Gasteiger partial charge >= 0.3 is 5.97 Å². The summed E-state index contributed by atoms with van der Waals surface area (Å²) in [6, 6.07) is 7.23. The number of carbonyl (C=O) groups is 1. The van der Waals surface area contributed by atoms with E-state index in [1.807, 2.05) is 12.1 Å². The van der Waals surface area contributed by atoms with Gasteiger partial charge in [0, 0.05) is 0 Å². The molecule has 0 saturated heterocycles. The summed E-state index contributed by atoms with van der Waals surface area (Å²) >= 11 is 0. The molecule has 0 aromatic heterocycles. The summed E-state index contributed by atoms with van der Waals surface area (Å²) in [5.74, 6) is -0.0187. The maximum atomic E-state index is 10.5. The number of rotatable bonds is 5. The molecule has 1 N–H and O–H groups in total. The molecule has 1 aromatic rings. The zero-order valence-electron chi connectivity index (χ0n) is 10.7. The molecule has 0 spiro atoms. The maximum absolute atomic E-state index is 10.5. The van der Waals surface area contributed by atoms with Gasteiger partial charge in [0.05, 0.1) is 13.0 Å². The molecule has 0 aliphatic rings. The summed E-state index contributed by atoms with van der Waals surface area (Å²) in [6.07, 6.45) is 1.05. The first kappa shape index (κ1) is 13.6. The largest absolute Gasteiger partial charge is 0.494 e. The molecule has 3 nitrogen and oxygen atoms in total. The molecule has 0 amide bonds. The first-order valence-corrected chi connectivity index (χ1v) is 5.80. The van der Waals surface area contributed by atoms with Crippen LogP contribution in [-0.4, -0.2) is 17.7 Å². The molecule has 0 bridgehead atoms. The number of ether oxygens (including phenoxy) is 1. The molecule has 1 aromatic carbocycles. The number of aliphatic carboxylic acids is 1. The minimum atomic E-state index is -0.814. The van der Waals surface area contributed by atoms with Crippen molar-refractivity contribution in [3.63, 3.8) is 0 Å². The number of hydrogen-bond acceptors (Lipinski definition) is 2. The second kappa shape index (κ2) is 5.71. The Balaban J connectivity index is 2.43. The summed E-state index contributed by atoms with van der Waals surface area (Å²) in [5, 5.41) is 8.64. The smallest absolute Gasteiger partial charge is 0.307 e. The van der Waals surface area contributed by atoms with E-state index in [9.17, 15) is 4.79 Å². The van der Waals surface area contributed by atoms with Gasteiger partial charge in [-0.2, -0.15) is 0 Å². The molecule has 1 rings (SSSR count). The first-order chi connectivity index (χ1) is 7.87. The molecule has 0 fully saturated rings. The van der Waals surface area contributed by atoms with E-state index < -0.39 is 5.97 Å². The van der Waals surface area contributed by atoms with Gasteiger partial charge in [0.2, 0.25) is 0 Å². The zero-order valence-corrected chi connectivity index (χ0v) is 10.7. The van der Waals surface area contributed by atoms with Crippen LogP contribution < -0.4 is 4.74 Å². The van der Waals surface area contributed by atoms with Gasteiger partial charge in [0.15, 0.2) is 0 Å². The van der Waals surface area contributed by atoms with Crippen molar-refractivity contribution in [2.75, 3.05) is 6.61 Å². The molecule has 0 aliphatic carbocycles. The van der Waals surface area contributed by atoms with Crippen LogP contribution in [0, 0.1) is 5.41 Å². The molecule has 3 heteroatoms. The molecule has 94 valence electrons. The van der Waals surface area contributed by atoms with Gasteiger partial charge in [-0.25, -0.2) is 0 Å². The lowest BCUT2D eigenvalue weighted by atomic mass is 9.93. The lowest BCUT2D eigenvalue weighted by molar-refractivity contribution is -0.136. The van der Waals surface area contributed by atoms with Crippen LogP contribution in [0.3, 0.4) is 0 Å². The number of carboxylic acid groups (broad SMARTS) is 1. The Kier molecular flexibility index (Phi) is 4.55. The Morgan fingerprint density at radius 1 is 1.24 bits per heavy atom. The average Bonchev–Trinajstić information content (AvgIpc) is 2.18. The first-order valence-electron chi connectivity index (χ1n) is 5.80. The van der Waals surface area contributed by atoms with Crippen LogP contribution in [0.5, 0.6) is 5.75 Å². The van der Waals surface area contributed by atoms with E-state index in [2.05, 4.69) is 20.8 Å². The predicted molar refractivity (Wildman–Crippen MR) is 67.3 cm³/mol. The van der Waals surface area contributed by atoms with Crippen LogP contribution in [0.2, 0.25) is 0 Å². The Morgan fingerprint density at radius 3 is 2.29 bits per heavy atom. The SMILES string of the molecule is CC(C)(C)CCOc1ccc(CC(=O)O)cc1. The third-order valence-corrected chi connectivity index (χ3v) is 2.40. The molecule has 0 radical (unpaired) electrons. The fourth-order valence-corrected chi connectivity index (χ4v) is 1.35. The molecule has 0 atom stereocenters. The van der Waals surface area contributed by atoms with Crippen molar-refractivity contribution in [1.29, 1.82) is 0 Å². The summed E-state index contributed by atoms with van der Waals surface area (Å²) in [7, 11) is 0. The highest BCUT2D eigenvalue weighted by atomic mass is 16.5. The lowest BCUT2D eigenvalue weighted by Crippen LogP contribution is -2.11. The summed E-state index contributed by atoms with van der Waals surface area (Å²) in [5.41, 5.74) is 1.06. The van der Waals surface area contributed by atoms with Gasteiger partial charge in [-0.1, -0.05) is 32.9 Å². The quantitative estimate of drug-likeness (QED) is 0.854. The highest BCUT2D eigenvalue weighted by molar-refractivity contribution is 5.70. The Labute approximate surface area is 102 Å². The van der Waals surface area contributed by atoms with E-state index in [-0.39, 0.29) is 11.8 Å². The van der Waals surface area contributed by atoms with E-state index in [4.69, 9.17) is 9.84 Å². The fraction of sp³-hybridized carbons (Fsp3) is 0.500. The monoisotopic (exact) mass is 236 g/mol. The van der Waals surface area contributed by atoms with Gasteiger partial charge in [0.25, 0.3) is 0 Å². The molecule has 0 aliphatic heterocycles. The Hall–Kier alpha value is -1.51. The summed E-state index contributed by atoms with van der Waals surface area (Å²) < 4.78 is 5.59. The minimum Gasteiger partial charge on any atom is -0.494 e. The third kappa shape index (κ3) is 5.95. The second-order valence-electron chi connectivity index (χ2n) is 5.37. The van der Waals surface area contributed by atoms with Crippen molar-refractivity contribution in [2.24, 2.45) is 5.41 Å². The van der Waals surface area contributed by atoms with Crippen molar-refractivity contribution >= 4 is 5.97 Å². The van der Waals surface area contributed by atoms with Gasteiger partial charge in [-0.3, -0.25) is 4.79 Å². The van der Waals surface area contributed by atoms with Crippen LogP contribution in [-0.2, 0) is 11.2 Å². The van der Waals surface area contributed by atoms with Crippen LogP contribution in [0.25, 0.3) is 0 Å². The molecule has 0 heterocycles. The van der Waals surface area contributed by atoms with Crippen LogP contribution in [0.15, 0.2) is 24.3 Å². The number of hydrogen-bond donors (Lipinski definition) is 1. The van der Waals surface area contributed by atoms with E-state index in [0.29, 0.717) is 6.61 Å². The highest BCUT2D eigenvalue weighted by Crippen LogP contribution is 2.19. The van der Waals surface area contributed by atoms with Crippen molar-refractivity contribution < 1.29 is 14.6 Å². The molecule has 0 unspecified atom stereocenters. The molecular weight excluding hydrogens is 216 g/mol. The van der Waals surface area contributed by atoms with Crippen molar-refractivity contribution in [3.05, 3.63) is 29.8 Å². The maximum Gasteiger partial charge on any atom is 0.307 e. The van der Waals surface area contributed by atoms with Gasteiger partial charge in [-0.05, 0) is 29.5 Å². The molecule has 17 heavy (non-hydrogen) atoms. The lowest BCUT2D eigenvalue weighted by Gasteiger charge is -2.18. The van der Waals surface area contributed by atoms with Gasteiger partial charge in [0.1, 0.15) is 5.75 Å². The number of benzene rings is 1. The van der Waals surface area contributed by atoms with Crippen LogP contribution >= 0.6 is 0 Å².